The molecular formula is C20H13NO4. The number of benzene rings is 2. The highest BCUT2D eigenvalue weighted by atomic mass is 16.4. The summed E-state index contributed by atoms with van der Waals surface area (Å²) in [5.41, 5.74) is 1.78. The van der Waals surface area contributed by atoms with Crippen molar-refractivity contribution in [3.8, 4) is 11.1 Å². The Morgan fingerprint density at radius 1 is 0.920 bits per heavy atom. The molecule has 0 aliphatic carbocycles. The zero-order valence-corrected chi connectivity index (χ0v) is 13.1. The molecular weight excluding hydrogens is 318 g/mol. The van der Waals surface area contributed by atoms with E-state index in [2.05, 4.69) is 5.32 Å². The molecule has 0 aliphatic heterocycles. The van der Waals surface area contributed by atoms with Crippen LogP contribution in [0.5, 0.6) is 0 Å². The summed E-state index contributed by atoms with van der Waals surface area (Å²) in [4.78, 5) is 24.4. The first-order valence-electron chi connectivity index (χ1n) is 7.69. The lowest BCUT2D eigenvalue weighted by Gasteiger charge is -2.07. The Kier molecular flexibility index (Phi) is 3.67. The molecule has 0 saturated carbocycles. The van der Waals surface area contributed by atoms with Gasteiger partial charge in [-0.2, -0.15) is 0 Å². The van der Waals surface area contributed by atoms with Crippen LogP contribution in [0.4, 0.5) is 5.69 Å². The molecule has 4 aromatic rings. The Hall–Kier alpha value is -3.60. The number of para-hydroxylation sites is 1. The molecule has 2 heterocycles. The van der Waals surface area contributed by atoms with Gasteiger partial charge in [0, 0.05) is 11.1 Å². The molecule has 0 bridgehead atoms. The number of nitrogens with one attached hydrogen (secondary N) is 1. The lowest BCUT2D eigenvalue weighted by atomic mass is 10.1. The molecule has 0 unspecified atom stereocenters. The Labute approximate surface area is 142 Å². The van der Waals surface area contributed by atoms with Gasteiger partial charge in [-0.25, -0.2) is 4.79 Å². The Bertz CT molecular complexity index is 1110. The summed E-state index contributed by atoms with van der Waals surface area (Å²) in [5.74, 6) is -0.136. The fourth-order valence-corrected chi connectivity index (χ4v) is 2.63. The molecule has 1 amide bonds. The van der Waals surface area contributed by atoms with Gasteiger partial charge in [-0.15, -0.1) is 0 Å². The second-order valence-electron chi connectivity index (χ2n) is 5.50. The maximum absolute atomic E-state index is 12.3. The van der Waals surface area contributed by atoms with Crippen molar-refractivity contribution in [3.63, 3.8) is 0 Å². The number of fused-ring (bicyclic) bond motifs is 1. The van der Waals surface area contributed by atoms with E-state index in [9.17, 15) is 9.59 Å². The third kappa shape index (κ3) is 2.95. The first kappa shape index (κ1) is 15.0. The summed E-state index contributed by atoms with van der Waals surface area (Å²) in [5, 5.41) is 3.58. The minimum atomic E-state index is -0.423. The highest BCUT2D eigenvalue weighted by Gasteiger charge is 2.11. The fourth-order valence-electron chi connectivity index (χ4n) is 2.63. The standard InChI is InChI=1S/C20H13NO4/c22-19(18-9-4-10-24-18)21-15-7-3-6-13(11-15)16-12-14-5-1-2-8-17(14)25-20(16)23/h1-12H,(H,21,22). The van der Waals surface area contributed by atoms with Crippen LogP contribution in [0.3, 0.4) is 0 Å². The second-order valence-corrected chi connectivity index (χ2v) is 5.50. The van der Waals surface area contributed by atoms with E-state index in [1.165, 1.54) is 6.26 Å². The van der Waals surface area contributed by atoms with Crippen molar-refractivity contribution in [2.24, 2.45) is 0 Å². The first-order valence-corrected chi connectivity index (χ1v) is 7.69. The van der Waals surface area contributed by atoms with Crippen LogP contribution in [-0.4, -0.2) is 5.91 Å². The van der Waals surface area contributed by atoms with Crippen LogP contribution in [-0.2, 0) is 0 Å². The highest BCUT2D eigenvalue weighted by Crippen LogP contribution is 2.23. The van der Waals surface area contributed by atoms with Crippen LogP contribution >= 0.6 is 0 Å². The van der Waals surface area contributed by atoms with E-state index >= 15 is 0 Å². The van der Waals surface area contributed by atoms with Gasteiger partial charge in [0.2, 0.25) is 0 Å². The predicted octanol–water partition coefficient (Wildman–Crippen LogP) is 4.31. The minimum Gasteiger partial charge on any atom is -0.459 e. The van der Waals surface area contributed by atoms with Gasteiger partial charge in [0.05, 0.1) is 11.8 Å². The fraction of sp³-hybridized carbons (Fsp3) is 0. The lowest BCUT2D eigenvalue weighted by molar-refractivity contribution is 0.0996. The van der Waals surface area contributed by atoms with Crippen LogP contribution in [0.1, 0.15) is 10.6 Å². The van der Waals surface area contributed by atoms with Gasteiger partial charge in [-0.05, 0) is 42.0 Å². The first-order chi connectivity index (χ1) is 12.2. The van der Waals surface area contributed by atoms with Gasteiger partial charge in [0.15, 0.2) is 5.76 Å². The van der Waals surface area contributed by atoms with E-state index in [1.54, 1.807) is 48.5 Å². The number of rotatable bonds is 3. The maximum Gasteiger partial charge on any atom is 0.344 e. The van der Waals surface area contributed by atoms with Crippen molar-refractivity contribution >= 4 is 22.6 Å². The van der Waals surface area contributed by atoms with Crippen LogP contribution in [0.25, 0.3) is 22.1 Å². The Morgan fingerprint density at radius 3 is 2.64 bits per heavy atom. The third-order valence-corrected chi connectivity index (χ3v) is 3.82. The molecule has 0 fully saturated rings. The van der Waals surface area contributed by atoms with Gasteiger partial charge in [-0.3, -0.25) is 4.79 Å². The van der Waals surface area contributed by atoms with Crippen LogP contribution in [0, 0.1) is 0 Å². The largest absolute Gasteiger partial charge is 0.459 e. The molecule has 0 aliphatic rings. The van der Waals surface area contributed by atoms with Crippen molar-refractivity contribution < 1.29 is 13.6 Å². The molecule has 0 atom stereocenters. The number of anilines is 1. The smallest absolute Gasteiger partial charge is 0.344 e. The Morgan fingerprint density at radius 2 is 1.80 bits per heavy atom. The molecule has 5 nitrogen and oxygen atoms in total. The molecule has 2 aromatic carbocycles. The van der Waals surface area contributed by atoms with Crippen molar-refractivity contribution in [1.29, 1.82) is 0 Å². The van der Waals surface area contributed by atoms with E-state index in [0.29, 0.717) is 22.4 Å². The average molecular weight is 331 g/mol. The molecule has 2 aromatic heterocycles. The molecule has 5 heteroatoms. The quantitative estimate of drug-likeness (QED) is 0.568. The van der Waals surface area contributed by atoms with Crippen molar-refractivity contribution in [2.45, 2.75) is 0 Å². The van der Waals surface area contributed by atoms with Crippen molar-refractivity contribution in [3.05, 3.63) is 89.2 Å². The summed E-state index contributed by atoms with van der Waals surface area (Å²) in [6.45, 7) is 0. The second kappa shape index (κ2) is 6.13. The van der Waals surface area contributed by atoms with E-state index < -0.39 is 5.63 Å². The number of furan rings is 1. The maximum atomic E-state index is 12.3. The summed E-state index contributed by atoms with van der Waals surface area (Å²) in [7, 11) is 0. The van der Waals surface area contributed by atoms with Crippen LogP contribution in [0.15, 0.2) is 86.6 Å². The number of carbonyl (C=O) groups is 1. The molecule has 1 N–H and O–H groups in total. The number of amides is 1. The molecule has 0 radical (unpaired) electrons. The molecule has 0 spiro atoms. The molecule has 4 rings (SSSR count). The number of carbonyl (C=O) groups excluding carboxylic acids is 1. The third-order valence-electron chi connectivity index (χ3n) is 3.82. The van der Waals surface area contributed by atoms with Crippen molar-refractivity contribution in [2.75, 3.05) is 5.32 Å². The van der Waals surface area contributed by atoms with Gasteiger partial charge < -0.3 is 14.2 Å². The van der Waals surface area contributed by atoms with E-state index in [4.69, 9.17) is 8.83 Å². The zero-order valence-electron chi connectivity index (χ0n) is 13.1. The normalized spacial score (nSPS) is 10.7. The van der Waals surface area contributed by atoms with E-state index in [0.717, 1.165) is 5.39 Å². The molecule has 0 saturated heterocycles. The van der Waals surface area contributed by atoms with E-state index in [-0.39, 0.29) is 11.7 Å². The topological polar surface area (TPSA) is 72.5 Å². The minimum absolute atomic E-state index is 0.218. The average Bonchev–Trinajstić information content (AvgIpc) is 3.16. The summed E-state index contributed by atoms with van der Waals surface area (Å²) in [6.07, 6.45) is 1.44. The van der Waals surface area contributed by atoms with Crippen LogP contribution < -0.4 is 10.9 Å². The van der Waals surface area contributed by atoms with Gasteiger partial charge in [0.1, 0.15) is 5.58 Å². The monoisotopic (exact) mass is 331 g/mol. The summed E-state index contributed by atoms with van der Waals surface area (Å²) < 4.78 is 10.4. The number of hydrogen-bond acceptors (Lipinski definition) is 4. The van der Waals surface area contributed by atoms with Crippen LogP contribution in [0.2, 0.25) is 0 Å². The Balaban J connectivity index is 1.71. The summed E-state index contributed by atoms with van der Waals surface area (Å²) in [6, 6.07) is 19.4. The van der Waals surface area contributed by atoms with Gasteiger partial charge >= 0.3 is 5.63 Å². The van der Waals surface area contributed by atoms with E-state index in [1.807, 2.05) is 18.2 Å². The van der Waals surface area contributed by atoms with Gasteiger partial charge in [-0.1, -0.05) is 30.3 Å². The van der Waals surface area contributed by atoms with Gasteiger partial charge in [0.25, 0.3) is 5.91 Å². The zero-order chi connectivity index (χ0) is 17.2. The SMILES string of the molecule is O=C(Nc1cccc(-c2cc3ccccc3oc2=O)c1)c1ccco1. The van der Waals surface area contributed by atoms with Crippen molar-refractivity contribution in [1.82, 2.24) is 0 Å². The number of hydrogen-bond donors (Lipinski definition) is 1. The highest BCUT2D eigenvalue weighted by molar-refractivity contribution is 6.02. The predicted molar refractivity (Wildman–Crippen MR) is 94.6 cm³/mol. The summed E-state index contributed by atoms with van der Waals surface area (Å²) >= 11 is 0. The molecule has 122 valence electrons. The lowest BCUT2D eigenvalue weighted by Crippen LogP contribution is -2.11. The molecule has 25 heavy (non-hydrogen) atoms.